The molecule has 2 aromatic rings. The van der Waals surface area contributed by atoms with E-state index in [0.29, 0.717) is 29.9 Å². The molecule has 0 radical (unpaired) electrons. The molecule has 0 bridgehead atoms. The van der Waals surface area contributed by atoms with E-state index in [9.17, 15) is 24.3 Å². The smallest absolute Gasteiger partial charge is 0.328 e. The highest BCUT2D eigenvalue weighted by molar-refractivity contribution is 5.97. The van der Waals surface area contributed by atoms with Crippen molar-refractivity contribution in [2.75, 3.05) is 30.4 Å². The minimum atomic E-state index is -0.965. The second-order valence-electron chi connectivity index (χ2n) is 9.72. The van der Waals surface area contributed by atoms with Gasteiger partial charge in [-0.25, -0.2) is 4.79 Å². The molecular weight excluding hydrogens is 518 g/mol. The first kappa shape index (κ1) is 30.3. The van der Waals surface area contributed by atoms with Gasteiger partial charge in [-0.2, -0.15) is 9.97 Å². The molecule has 216 valence electrons. The number of hydrogen-bond donors (Lipinski definition) is 4. The van der Waals surface area contributed by atoms with E-state index in [2.05, 4.69) is 32.8 Å². The third-order valence-electron chi connectivity index (χ3n) is 6.67. The molecule has 1 aliphatic heterocycles. The number of nitrogens with zero attached hydrogens (tertiary/aromatic N) is 2. The van der Waals surface area contributed by atoms with E-state index < -0.39 is 23.9 Å². The predicted molar refractivity (Wildman–Crippen MR) is 147 cm³/mol. The Bertz CT molecular complexity index is 1220. The number of carbonyl (C=O) groups excluding carboxylic acids is 4. The van der Waals surface area contributed by atoms with Gasteiger partial charge < -0.3 is 25.2 Å². The molecular formula is C28H37N5O7. The predicted octanol–water partition coefficient (Wildman–Crippen LogP) is 2.61. The minimum Gasteiger partial charge on any atom is -0.493 e. The van der Waals surface area contributed by atoms with Crippen LogP contribution in [0.2, 0.25) is 0 Å². The third kappa shape index (κ3) is 8.39. The van der Waals surface area contributed by atoms with E-state index in [1.54, 1.807) is 26.0 Å². The lowest BCUT2D eigenvalue weighted by Gasteiger charge is -2.30. The van der Waals surface area contributed by atoms with Crippen molar-refractivity contribution in [1.29, 1.82) is 0 Å². The fourth-order valence-electron chi connectivity index (χ4n) is 4.54. The maximum Gasteiger partial charge on any atom is 0.328 e. The summed E-state index contributed by atoms with van der Waals surface area (Å²) in [6, 6.07) is 6.17. The number of amides is 2. The molecule has 2 unspecified atom stereocenters. The van der Waals surface area contributed by atoms with E-state index in [4.69, 9.17) is 9.47 Å². The maximum absolute atomic E-state index is 12.8. The van der Waals surface area contributed by atoms with Crippen LogP contribution in [0, 0.1) is 11.8 Å². The Balaban J connectivity index is 1.59. The molecule has 3 atom stereocenters. The van der Waals surface area contributed by atoms with Gasteiger partial charge in [-0.05, 0) is 62.6 Å². The van der Waals surface area contributed by atoms with Gasteiger partial charge in [0.05, 0.1) is 18.8 Å². The Morgan fingerprint density at radius 1 is 1.10 bits per heavy atom. The van der Waals surface area contributed by atoms with Crippen LogP contribution in [-0.2, 0) is 36.7 Å². The van der Waals surface area contributed by atoms with Gasteiger partial charge in [-0.3, -0.25) is 19.7 Å². The van der Waals surface area contributed by atoms with Crippen molar-refractivity contribution in [3.63, 3.8) is 0 Å². The third-order valence-corrected chi connectivity index (χ3v) is 6.67. The lowest BCUT2D eigenvalue weighted by atomic mass is 9.82. The zero-order valence-corrected chi connectivity index (χ0v) is 23.3. The first-order valence-corrected chi connectivity index (χ1v) is 13.4. The van der Waals surface area contributed by atoms with Gasteiger partial charge in [-0.15, -0.1) is 0 Å². The van der Waals surface area contributed by atoms with Crippen molar-refractivity contribution < 1.29 is 33.8 Å². The summed E-state index contributed by atoms with van der Waals surface area (Å²) in [6.45, 7) is 7.88. The van der Waals surface area contributed by atoms with Crippen molar-refractivity contribution in [3.05, 3.63) is 41.0 Å². The molecule has 0 aliphatic carbocycles. The summed E-state index contributed by atoms with van der Waals surface area (Å²) in [5, 5.41) is 18.8. The van der Waals surface area contributed by atoms with Crippen LogP contribution >= 0.6 is 0 Å². The number of carbonyl (C=O) groups is 4. The number of rotatable bonds is 12. The number of ether oxygens (including phenoxy) is 2. The highest BCUT2D eigenvalue weighted by Crippen LogP contribution is 2.34. The zero-order valence-electron chi connectivity index (χ0n) is 23.3. The van der Waals surface area contributed by atoms with E-state index in [-0.39, 0.29) is 55.6 Å². The fraction of sp³-hybridized carbons (Fsp3) is 0.500. The maximum atomic E-state index is 12.8. The molecule has 3 rings (SSSR count). The normalized spacial score (nSPS) is 15.6. The van der Waals surface area contributed by atoms with Crippen molar-refractivity contribution in [2.24, 2.45) is 11.8 Å². The Kier molecular flexibility index (Phi) is 10.8. The van der Waals surface area contributed by atoms with Crippen LogP contribution in [0.15, 0.2) is 24.3 Å². The molecule has 2 amide bonds. The average Bonchev–Trinajstić information content (AvgIpc) is 2.91. The highest BCUT2D eigenvalue weighted by Gasteiger charge is 2.28. The molecule has 0 saturated heterocycles. The van der Waals surface area contributed by atoms with Crippen molar-refractivity contribution >= 4 is 35.5 Å². The standard InChI is InChI=1S/C28H37N5O7/c1-5-39-23(35)12-11-22(27(38)40-6-2)31-25(36)19-9-7-18(8-10-19)13-16(3)20-14-21-24(29-15-20)32-28(30-17(4)34)33-26(21)37/h7-10,16,20,22H,5-6,11-15H2,1-4H3,(H,31,36)(H3,29,30,32,33,34,37)/t16?,20?,22-/m0/s1. The van der Waals surface area contributed by atoms with Crippen molar-refractivity contribution in [2.45, 2.75) is 59.4 Å². The molecule has 2 heterocycles. The molecule has 0 saturated carbocycles. The average molecular weight is 556 g/mol. The van der Waals surface area contributed by atoms with Crippen LogP contribution in [0.5, 0.6) is 5.88 Å². The number of hydrogen-bond acceptors (Lipinski definition) is 10. The second-order valence-corrected chi connectivity index (χ2v) is 9.72. The quantitative estimate of drug-likeness (QED) is 0.286. The highest BCUT2D eigenvalue weighted by atomic mass is 16.5. The molecule has 12 nitrogen and oxygen atoms in total. The topological polar surface area (TPSA) is 169 Å². The molecule has 0 spiro atoms. The first-order valence-electron chi connectivity index (χ1n) is 13.4. The minimum absolute atomic E-state index is 0.0186. The lowest BCUT2D eigenvalue weighted by Crippen LogP contribution is -2.42. The van der Waals surface area contributed by atoms with Crippen molar-refractivity contribution in [3.8, 4) is 5.88 Å². The molecule has 1 aromatic carbocycles. The van der Waals surface area contributed by atoms with Crippen LogP contribution in [-0.4, -0.2) is 64.6 Å². The number of aromatic hydroxyl groups is 1. The lowest BCUT2D eigenvalue weighted by molar-refractivity contribution is -0.146. The molecule has 0 fully saturated rings. The summed E-state index contributed by atoms with van der Waals surface area (Å²) in [6.07, 6.45) is 1.37. The Hall–Kier alpha value is -4.22. The van der Waals surface area contributed by atoms with Crippen LogP contribution in [0.25, 0.3) is 0 Å². The number of esters is 2. The van der Waals surface area contributed by atoms with E-state index in [1.807, 2.05) is 12.1 Å². The SMILES string of the molecule is CCOC(=O)CC[C@H](NC(=O)c1ccc(CC(C)C2CNc3nc(NC(C)=O)nc(O)c3C2)cc1)C(=O)OCC. The summed E-state index contributed by atoms with van der Waals surface area (Å²) in [5.74, 6) is -0.974. The Morgan fingerprint density at radius 3 is 2.45 bits per heavy atom. The number of aromatic nitrogens is 2. The monoisotopic (exact) mass is 555 g/mol. The summed E-state index contributed by atoms with van der Waals surface area (Å²) < 4.78 is 9.96. The summed E-state index contributed by atoms with van der Waals surface area (Å²) in [7, 11) is 0. The number of fused-ring (bicyclic) bond motifs is 1. The number of nitrogens with one attached hydrogen (secondary N) is 3. The number of anilines is 2. The van der Waals surface area contributed by atoms with E-state index >= 15 is 0 Å². The Labute approximate surface area is 233 Å². The van der Waals surface area contributed by atoms with Gasteiger partial charge in [0.25, 0.3) is 5.91 Å². The molecule has 4 N–H and O–H groups in total. The van der Waals surface area contributed by atoms with Gasteiger partial charge in [0, 0.05) is 25.5 Å². The molecule has 1 aromatic heterocycles. The van der Waals surface area contributed by atoms with Crippen LogP contribution < -0.4 is 16.0 Å². The van der Waals surface area contributed by atoms with Gasteiger partial charge in [0.2, 0.25) is 17.7 Å². The summed E-state index contributed by atoms with van der Waals surface area (Å²) in [5.41, 5.74) is 2.02. The Morgan fingerprint density at radius 2 is 1.80 bits per heavy atom. The van der Waals surface area contributed by atoms with Crippen LogP contribution in [0.1, 0.15) is 62.0 Å². The van der Waals surface area contributed by atoms with Crippen LogP contribution in [0.4, 0.5) is 11.8 Å². The van der Waals surface area contributed by atoms with Crippen LogP contribution in [0.3, 0.4) is 0 Å². The van der Waals surface area contributed by atoms with Gasteiger partial charge in [-0.1, -0.05) is 19.1 Å². The second kappa shape index (κ2) is 14.2. The fourth-order valence-corrected chi connectivity index (χ4v) is 4.54. The molecule has 40 heavy (non-hydrogen) atoms. The van der Waals surface area contributed by atoms with Gasteiger partial charge >= 0.3 is 11.9 Å². The largest absolute Gasteiger partial charge is 0.493 e. The van der Waals surface area contributed by atoms with Gasteiger partial charge in [0.15, 0.2) is 0 Å². The number of benzene rings is 1. The van der Waals surface area contributed by atoms with E-state index in [0.717, 1.165) is 12.0 Å². The summed E-state index contributed by atoms with van der Waals surface area (Å²) >= 11 is 0. The first-order chi connectivity index (χ1) is 19.1. The van der Waals surface area contributed by atoms with E-state index in [1.165, 1.54) is 6.92 Å². The zero-order chi connectivity index (χ0) is 29.2. The molecule has 1 aliphatic rings. The van der Waals surface area contributed by atoms with Crippen molar-refractivity contribution in [1.82, 2.24) is 15.3 Å². The summed E-state index contributed by atoms with van der Waals surface area (Å²) in [4.78, 5) is 56.5. The molecule has 12 heteroatoms. The van der Waals surface area contributed by atoms with Gasteiger partial charge in [0.1, 0.15) is 11.9 Å².